The first kappa shape index (κ1) is 19.5. The molecule has 0 amide bonds. The van der Waals surface area contributed by atoms with Crippen molar-refractivity contribution < 1.29 is 9.53 Å². The molecule has 0 N–H and O–H groups in total. The van der Waals surface area contributed by atoms with Crippen LogP contribution in [0.25, 0.3) is 11.0 Å². The summed E-state index contributed by atoms with van der Waals surface area (Å²) in [4.78, 5) is 12.5. The Morgan fingerprint density at radius 1 is 1.19 bits per heavy atom. The highest BCUT2D eigenvalue weighted by atomic mass is 32.2. The molecule has 140 valence electrons. The molecule has 0 spiro atoms. The highest BCUT2D eigenvalue weighted by molar-refractivity contribution is 8.23. The highest BCUT2D eigenvalue weighted by Gasteiger charge is 2.18. The maximum atomic E-state index is 12.5. The third-order valence-electron chi connectivity index (χ3n) is 4.11. The van der Waals surface area contributed by atoms with Gasteiger partial charge in [-0.15, -0.1) is 5.10 Å². The van der Waals surface area contributed by atoms with E-state index in [1.165, 1.54) is 11.8 Å². The first-order valence-corrected chi connectivity index (χ1v) is 10.2. The topological polar surface area (TPSA) is 57.0 Å². The molecule has 1 atom stereocenters. The Morgan fingerprint density at radius 2 is 1.93 bits per heavy atom. The summed E-state index contributed by atoms with van der Waals surface area (Å²) in [5, 5.41) is 8.53. The maximum absolute atomic E-state index is 12.5. The van der Waals surface area contributed by atoms with E-state index in [9.17, 15) is 4.79 Å². The molecular weight excluding hydrogens is 378 g/mol. The molecule has 0 aliphatic rings. The Kier molecular flexibility index (Phi) is 6.95. The Hall–Kier alpha value is -2.25. The van der Waals surface area contributed by atoms with Gasteiger partial charge in [0.2, 0.25) is 4.38 Å². The lowest BCUT2D eigenvalue weighted by Crippen LogP contribution is -2.18. The van der Waals surface area contributed by atoms with Crippen molar-refractivity contribution in [3.63, 3.8) is 0 Å². The van der Waals surface area contributed by atoms with Crippen LogP contribution in [-0.4, -0.2) is 37.0 Å². The molecule has 2 aromatic carbocycles. The number of carbonyl (C=O) groups excluding carboxylic acids is 1. The standard InChI is InChI=1S/C20H21N3O2S2/c1-2-25-20(26)27-16(12-13-19(24)15-8-4-3-5-9-15)14-23-18-11-7-6-10-17(18)21-22-23/h3-11,16H,2,12-14H2,1H3. The number of ether oxygens (including phenoxy) is 1. The van der Waals surface area contributed by atoms with E-state index in [1.54, 1.807) is 0 Å². The van der Waals surface area contributed by atoms with Crippen molar-refractivity contribution in [1.82, 2.24) is 15.0 Å². The Morgan fingerprint density at radius 3 is 2.70 bits per heavy atom. The molecule has 0 saturated heterocycles. The molecule has 27 heavy (non-hydrogen) atoms. The lowest BCUT2D eigenvalue weighted by Gasteiger charge is -2.17. The van der Waals surface area contributed by atoms with Crippen LogP contribution >= 0.6 is 24.0 Å². The smallest absolute Gasteiger partial charge is 0.220 e. The van der Waals surface area contributed by atoms with Gasteiger partial charge in [0.15, 0.2) is 5.78 Å². The van der Waals surface area contributed by atoms with Crippen molar-refractivity contribution in [1.29, 1.82) is 0 Å². The predicted octanol–water partition coefficient (Wildman–Crippen LogP) is 4.52. The number of Topliss-reactive ketones (excluding diaryl/α,β-unsaturated/α-hetero) is 1. The summed E-state index contributed by atoms with van der Waals surface area (Å²) in [7, 11) is 0. The van der Waals surface area contributed by atoms with E-state index in [4.69, 9.17) is 17.0 Å². The minimum absolute atomic E-state index is 0.0711. The average molecular weight is 400 g/mol. The second-order valence-electron chi connectivity index (χ2n) is 6.01. The van der Waals surface area contributed by atoms with E-state index in [-0.39, 0.29) is 11.0 Å². The summed E-state index contributed by atoms with van der Waals surface area (Å²) >= 11 is 6.79. The zero-order valence-corrected chi connectivity index (χ0v) is 16.7. The van der Waals surface area contributed by atoms with Crippen LogP contribution in [-0.2, 0) is 11.3 Å². The molecule has 0 saturated carbocycles. The summed E-state index contributed by atoms with van der Waals surface area (Å²) in [5.74, 6) is 0.131. The van der Waals surface area contributed by atoms with Gasteiger partial charge >= 0.3 is 0 Å². The number of fused-ring (bicyclic) bond motifs is 1. The lowest BCUT2D eigenvalue weighted by molar-refractivity contribution is 0.0979. The molecule has 1 aromatic heterocycles. The summed E-state index contributed by atoms with van der Waals surface area (Å²) in [5.41, 5.74) is 2.56. The molecule has 7 heteroatoms. The van der Waals surface area contributed by atoms with Gasteiger partial charge in [-0.25, -0.2) is 4.68 Å². The third-order valence-corrected chi connectivity index (χ3v) is 5.55. The summed E-state index contributed by atoms with van der Waals surface area (Å²) in [6.07, 6.45) is 1.13. The van der Waals surface area contributed by atoms with Gasteiger partial charge in [0.05, 0.1) is 18.7 Å². The lowest BCUT2D eigenvalue weighted by atomic mass is 10.1. The van der Waals surface area contributed by atoms with Gasteiger partial charge in [0.1, 0.15) is 5.52 Å². The van der Waals surface area contributed by atoms with E-state index >= 15 is 0 Å². The number of carbonyl (C=O) groups is 1. The fourth-order valence-corrected chi connectivity index (χ4v) is 4.22. The van der Waals surface area contributed by atoms with E-state index in [0.29, 0.717) is 30.4 Å². The van der Waals surface area contributed by atoms with Gasteiger partial charge in [0.25, 0.3) is 0 Å². The molecule has 1 unspecified atom stereocenters. The molecule has 1 heterocycles. The van der Waals surface area contributed by atoms with Crippen molar-refractivity contribution in [2.24, 2.45) is 0 Å². The summed E-state index contributed by atoms with van der Waals surface area (Å²) in [6, 6.07) is 17.2. The van der Waals surface area contributed by atoms with Gasteiger partial charge in [-0.2, -0.15) is 0 Å². The number of thioether (sulfide) groups is 1. The van der Waals surface area contributed by atoms with Crippen LogP contribution in [0.1, 0.15) is 30.1 Å². The normalized spacial score (nSPS) is 12.0. The fraction of sp³-hybridized carbons (Fsp3) is 0.300. The van der Waals surface area contributed by atoms with Crippen molar-refractivity contribution in [2.45, 2.75) is 31.6 Å². The Labute approximate surface area is 168 Å². The van der Waals surface area contributed by atoms with Crippen LogP contribution < -0.4 is 0 Å². The first-order chi connectivity index (χ1) is 13.2. The minimum atomic E-state index is 0.0711. The Bertz CT molecular complexity index is 912. The van der Waals surface area contributed by atoms with Crippen molar-refractivity contribution >= 4 is 45.2 Å². The van der Waals surface area contributed by atoms with Crippen LogP contribution in [0, 0.1) is 0 Å². The molecular formula is C20H21N3O2S2. The number of thiocarbonyl (C=S) groups is 1. The fourth-order valence-electron chi connectivity index (χ4n) is 2.78. The summed E-state index contributed by atoms with van der Waals surface area (Å²) < 4.78 is 7.80. The van der Waals surface area contributed by atoms with Crippen molar-refractivity contribution in [3.05, 3.63) is 60.2 Å². The maximum Gasteiger partial charge on any atom is 0.220 e. The molecule has 3 rings (SSSR count). The van der Waals surface area contributed by atoms with Crippen LogP contribution in [0.15, 0.2) is 54.6 Å². The van der Waals surface area contributed by atoms with E-state index in [2.05, 4.69) is 10.3 Å². The molecule has 5 nitrogen and oxygen atoms in total. The van der Waals surface area contributed by atoms with Crippen LogP contribution in [0.3, 0.4) is 0 Å². The number of aromatic nitrogens is 3. The number of ketones is 1. The van der Waals surface area contributed by atoms with Gasteiger partial charge in [-0.05, 0) is 37.7 Å². The highest BCUT2D eigenvalue weighted by Crippen LogP contribution is 2.23. The van der Waals surface area contributed by atoms with Gasteiger partial charge < -0.3 is 4.74 Å². The number of rotatable bonds is 8. The number of hydrogen-bond donors (Lipinski definition) is 0. The SMILES string of the molecule is CCOC(=S)SC(CCC(=O)c1ccccc1)Cn1nnc2ccccc21. The van der Waals surface area contributed by atoms with Gasteiger partial charge in [-0.3, -0.25) is 4.79 Å². The predicted molar refractivity (Wildman–Crippen MR) is 113 cm³/mol. The molecule has 0 radical (unpaired) electrons. The Balaban J connectivity index is 1.70. The van der Waals surface area contributed by atoms with E-state index in [0.717, 1.165) is 16.6 Å². The van der Waals surface area contributed by atoms with Crippen LogP contribution in [0.2, 0.25) is 0 Å². The van der Waals surface area contributed by atoms with Gasteiger partial charge in [-0.1, -0.05) is 59.4 Å². The summed E-state index contributed by atoms with van der Waals surface area (Å²) in [6.45, 7) is 3.06. The molecule has 0 fully saturated rings. The average Bonchev–Trinajstić information content (AvgIpc) is 3.10. The molecule has 0 aliphatic heterocycles. The molecule has 0 bridgehead atoms. The second-order valence-corrected chi connectivity index (χ2v) is 7.91. The number of hydrogen-bond acceptors (Lipinski definition) is 6. The molecule has 0 aliphatic carbocycles. The number of benzene rings is 2. The van der Waals surface area contributed by atoms with E-state index in [1.807, 2.05) is 66.2 Å². The minimum Gasteiger partial charge on any atom is -0.479 e. The monoisotopic (exact) mass is 399 g/mol. The largest absolute Gasteiger partial charge is 0.479 e. The number of para-hydroxylation sites is 1. The van der Waals surface area contributed by atoms with Crippen LogP contribution in [0.4, 0.5) is 0 Å². The quantitative estimate of drug-likeness (QED) is 0.410. The first-order valence-electron chi connectivity index (χ1n) is 8.87. The van der Waals surface area contributed by atoms with Gasteiger partial charge in [0, 0.05) is 17.2 Å². The van der Waals surface area contributed by atoms with Crippen molar-refractivity contribution in [3.8, 4) is 0 Å². The van der Waals surface area contributed by atoms with E-state index < -0.39 is 0 Å². The van der Waals surface area contributed by atoms with Crippen LogP contribution in [0.5, 0.6) is 0 Å². The third kappa shape index (κ3) is 5.37. The number of nitrogens with zero attached hydrogens (tertiary/aromatic N) is 3. The zero-order valence-electron chi connectivity index (χ0n) is 15.1. The second kappa shape index (κ2) is 9.62. The molecule has 3 aromatic rings. The zero-order chi connectivity index (χ0) is 19.1. The van der Waals surface area contributed by atoms with Crippen molar-refractivity contribution in [2.75, 3.05) is 6.61 Å².